The zero-order valence-corrected chi connectivity index (χ0v) is 17.4. The monoisotopic (exact) mass is 438 g/mol. The Labute approximate surface area is 178 Å². The van der Waals surface area contributed by atoms with E-state index in [0.29, 0.717) is 30.5 Å². The molecule has 0 aliphatic carbocycles. The Balaban J connectivity index is 1.89. The van der Waals surface area contributed by atoms with Gasteiger partial charge in [-0.05, 0) is 37.6 Å². The second-order valence-corrected chi connectivity index (χ2v) is 6.36. The van der Waals surface area contributed by atoms with Crippen LogP contribution >= 0.6 is 11.6 Å². The first-order chi connectivity index (χ1) is 14.4. The molecule has 1 aromatic heterocycles. The summed E-state index contributed by atoms with van der Waals surface area (Å²) in [7, 11) is 0. The number of rotatable bonds is 10. The van der Waals surface area contributed by atoms with Gasteiger partial charge in [-0.2, -0.15) is 0 Å². The standard InChI is InChI=1S/C20H23ClN2O7/c1-3-7-29-18-15(21)9-13(10-16(18)27-4-2)19(25)30-12-17(24)23-20(26)22-11-14-6-5-8-28-14/h5-6,8-10H,3-4,7,11-12H2,1-2H3,(H2,22,23,24,26). The predicted molar refractivity (Wildman–Crippen MR) is 108 cm³/mol. The molecule has 0 radical (unpaired) electrons. The number of halogens is 1. The van der Waals surface area contributed by atoms with Crippen molar-refractivity contribution in [3.8, 4) is 11.5 Å². The Morgan fingerprint density at radius 3 is 2.63 bits per heavy atom. The van der Waals surface area contributed by atoms with Gasteiger partial charge < -0.3 is 23.9 Å². The van der Waals surface area contributed by atoms with Crippen LogP contribution < -0.4 is 20.1 Å². The number of carbonyl (C=O) groups excluding carboxylic acids is 3. The van der Waals surface area contributed by atoms with Crippen LogP contribution in [0.4, 0.5) is 4.79 Å². The lowest BCUT2D eigenvalue weighted by molar-refractivity contribution is -0.123. The summed E-state index contributed by atoms with van der Waals surface area (Å²) in [5.41, 5.74) is 0.0855. The Kier molecular flexibility index (Phi) is 9.02. The minimum atomic E-state index is -0.800. The molecule has 0 fully saturated rings. The molecule has 0 saturated heterocycles. The highest BCUT2D eigenvalue weighted by Crippen LogP contribution is 2.37. The van der Waals surface area contributed by atoms with Gasteiger partial charge in [-0.1, -0.05) is 18.5 Å². The molecule has 0 aliphatic heterocycles. The van der Waals surface area contributed by atoms with E-state index < -0.39 is 24.5 Å². The normalized spacial score (nSPS) is 10.2. The number of amides is 3. The first-order valence-electron chi connectivity index (χ1n) is 9.30. The van der Waals surface area contributed by atoms with Crippen LogP contribution in [-0.4, -0.2) is 37.7 Å². The quantitative estimate of drug-likeness (QED) is 0.546. The zero-order chi connectivity index (χ0) is 21.9. The number of furan rings is 1. The van der Waals surface area contributed by atoms with Crippen LogP contribution in [0, 0.1) is 0 Å². The summed E-state index contributed by atoms with van der Waals surface area (Å²) < 4.78 is 21.1. The fourth-order valence-electron chi connectivity index (χ4n) is 2.29. The summed E-state index contributed by atoms with van der Waals surface area (Å²) in [5.74, 6) is -0.433. The maximum Gasteiger partial charge on any atom is 0.338 e. The van der Waals surface area contributed by atoms with Crippen molar-refractivity contribution in [2.45, 2.75) is 26.8 Å². The molecule has 1 heterocycles. The Hall–Kier alpha value is -3.20. The van der Waals surface area contributed by atoms with E-state index in [4.69, 9.17) is 30.2 Å². The van der Waals surface area contributed by atoms with E-state index in [-0.39, 0.29) is 17.1 Å². The molecule has 9 nitrogen and oxygen atoms in total. The zero-order valence-electron chi connectivity index (χ0n) is 16.7. The van der Waals surface area contributed by atoms with Crippen LogP contribution in [0.2, 0.25) is 5.02 Å². The number of hydrogen-bond donors (Lipinski definition) is 2. The number of ether oxygens (including phenoxy) is 3. The Morgan fingerprint density at radius 1 is 1.17 bits per heavy atom. The van der Waals surface area contributed by atoms with Crippen LogP contribution in [0.5, 0.6) is 11.5 Å². The first kappa shape index (κ1) is 23.1. The number of hydrogen-bond acceptors (Lipinski definition) is 7. The molecule has 2 rings (SSSR count). The van der Waals surface area contributed by atoms with Gasteiger partial charge in [-0.3, -0.25) is 10.1 Å². The highest BCUT2D eigenvalue weighted by atomic mass is 35.5. The van der Waals surface area contributed by atoms with E-state index in [9.17, 15) is 14.4 Å². The summed E-state index contributed by atoms with van der Waals surface area (Å²) in [4.78, 5) is 35.8. The smallest absolute Gasteiger partial charge is 0.338 e. The molecule has 0 bridgehead atoms. The van der Waals surface area contributed by atoms with Crippen molar-refractivity contribution < 1.29 is 33.0 Å². The van der Waals surface area contributed by atoms with Crippen LogP contribution in [0.15, 0.2) is 34.9 Å². The molecule has 1 aromatic carbocycles. The summed E-state index contributed by atoms with van der Waals surface area (Å²) in [6.07, 6.45) is 2.24. The predicted octanol–water partition coefficient (Wildman–Crippen LogP) is 3.30. The number of imide groups is 1. The summed E-state index contributed by atoms with van der Waals surface area (Å²) in [5, 5.41) is 4.66. The molecule has 10 heteroatoms. The molecule has 0 unspecified atom stereocenters. The van der Waals surface area contributed by atoms with Gasteiger partial charge >= 0.3 is 12.0 Å². The minimum absolute atomic E-state index is 0.0855. The van der Waals surface area contributed by atoms with Gasteiger partial charge in [0, 0.05) is 0 Å². The third-order valence-corrected chi connectivity index (χ3v) is 3.87. The second kappa shape index (κ2) is 11.7. The highest BCUT2D eigenvalue weighted by Gasteiger charge is 2.18. The van der Waals surface area contributed by atoms with Gasteiger partial charge in [0.1, 0.15) is 5.76 Å². The average molecular weight is 439 g/mol. The van der Waals surface area contributed by atoms with E-state index in [0.717, 1.165) is 6.42 Å². The largest absolute Gasteiger partial charge is 0.490 e. The van der Waals surface area contributed by atoms with Gasteiger partial charge in [-0.15, -0.1) is 0 Å². The second-order valence-electron chi connectivity index (χ2n) is 5.95. The molecular formula is C20H23ClN2O7. The van der Waals surface area contributed by atoms with E-state index in [1.165, 1.54) is 18.4 Å². The van der Waals surface area contributed by atoms with Crippen LogP contribution in [-0.2, 0) is 16.1 Å². The van der Waals surface area contributed by atoms with Crippen molar-refractivity contribution in [2.75, 3.05) is 19.8 Å². The molecule has 0 aliphatic rings. The van der Waals surface area contributed by atoms with Gasteiger partial charge in [0.05, 0.1) is 36.6 Å². The summed E-state index contributed by atoms with van der Waals surface area (Å²) >= 11 is 6.21. The van der Waals surface area contributed by atoms with Gasteiger partial charge in [0.25, 0.3) is 5.91 Å². The van der Waals surface area contributed by atoms with Crippen LogP contribution in [0.3, 0.4) is 0 Å². The molecule has 3 amide bonds. The van der Waals surface area contributed by atoms with Gasteiger partial charge in [0.2, 0.25) is 0 Å². The molecular weight excluding hydrogens is 416 g/mol. The van der Waals surface area contributed by atoms with Crippen molar-refractivity contribution in [1.29, 1.82) is 0 Å². The van der Waals surface area contributed by atoms with Crippen LogP contribution in [0.1, 0.15) is 36.4 Å². The van der Waals surface area contributed by atoms with Crippen molar-refractivity contribution >= 4 is 29.5 Å². The molecule has 162 valence electrons. The van der Waals surface area contributed by atoms with Gasteiger partial charge in [0.15, 0.2) is 18.1 Å². The van der Waals surface area contributed by atoms with Crippen molar-refractivity contribution in [2.24, 2.45) is 0 Å². The van der Waals surface area contributed by atoms with Gasteiger partial charge in [-0.25, -0.2) is 9.59 Å². The molecule has 0 saturated carbocycles. The lowest BCUT2D eigenvalue weighted by Crippen LogP contribution is -2.41. The Morgan fingerprint density at radius 2 is 1.97 bits per heavy atom. The number of nitrogens with one attached hydrogen (secondary N) is 2. The van der Waals surface area contributed by atoms with Crippen molar-refractivity contribution in [3.63, 3.8) is 0 Å². The number of urea groups is 1. The van der Waals surface area contributed by atoms with Crippen LogP contribution in [0.25, 0.3) is 0 Å². The minimum Gasteiger partial charge on any atom is -0.490 e. The van der Waals surface area contributed by atoms with Crippen molar-refractivity contribution in [3.05, 3.63) is 46.9 Å². The summed E-state index contributed by atoms with van der Waals surface area (Å²) in [6.45, 7) is 3.96. The van der Waals surface area contributed by atoms with E-state index >= 15 is 0 Å². The molecule has 2 aromatic rings. The maximum absolute atomic E-state index is 12.3. The summed E-state index contributed by atoms with van der Waals surface area (Å²) in [6, 6.07) is 5.39. The van der Waals surface area contributed by atoms with E-state index in [2.05, 4.69) is 5.32 Å². The molecule has 0 atom stereocenters. The third-order valence-electron chi connectivity index (χ3n) is 3.59. The number of carbonyl (C=O) groups is 3. The highest BCUT2D eigenvalue weighted by molar-refractivity contribution is 6.32. The lowest BCUT2D eigenvalue weighted by Gasteiger charge is -2.14. The third kappa shape index (κ3) is 7.00. The van der Waals surface area contributed by atoms with E-state index in [1.807, 2.05) is 12.2 Å². The fourth-order valence-corrected chi connectivity index (χ4v) is 2.56. The first-order valence-corrected chi connectivity index (χ1v) is 9.68. The Bertz CT molecular complexity index is 868. The lowest BCUT2D eigenvalue weighted by atomic mass is 10.2. The number of benzene rings is 1. The SMILES string of the molecule is CCCOc1c(Cl)cc(C(=O)OCC(=O)NC(=O)NCc2ccco2)cc1OCC. The maximum atomic E-state index is 12.3. The number of esters is 1. The van der Waals surface area contributed by atoms with Crippen molar-refractivity contribution in [1.82, 2.24) is 10.6 Å². The van der Waals surface area contributed by atoms with E-state index in [1.54, 1.807) is 19.1 Å². The fraction of sp³-hybridized carbons (Fsp3) is 0.350. The molecule has 0 spiro atoms. The average Bonchev–Trinajstić information content (AvgIpc) is 3.23. The topological polar surface area (TPSA) is 116 Å². The molecule has 2 N–H and O–H groups in total. The molecule has 30 heavy (non-hydrogen) atoms.